The number of rotatable bonds is 3. The van der Waals surface area contributed by atoms with Crippen molar-refractivity contribution in [2.24, 2.45) is 0 Å². The minimum atomic E-state index is -0.308. The number of carbonyl (C=O) groups excluding carboxylic acids is 2. The Balaban J connectivity index is 1.83. The van der Waals surface area contributed by atoms with Gasteiger partial charge >= 0.3 is 12.1 Å². The van der Waals surface area contributed by atoms with E-state index in [1.807, 2.05) is 24.3 Å². The molecule has 1 aromatic carbocycles. The zero-order valence-electron chi connectivity index (χ0n) is 13.2. The summed E-state index contributed by atoms with van der Waals surface area (Å²) in [5, 5.41) is 2.88. The summed E-state index contributed by atoms with van der Waals surface area (Å²) in [6.45, 7) is 6.27. The Bertz CT molecular complexity index is 508. The molecular weight excluding hydrogens is 282 g/mol. The largest absolute Gasteiger partial charge is 0.450 e. The fourth-order valence-electron chi connectivity index (χ4n) is 2.33. The Labute approximate surface area is 131 Å². The predicted octanol–water partition coefficient (Wildman–Crippen LogP) is 2.56. The van der Waals surface area contributed by atoms with Crippen molar-refractivity contribution < 1.29 is 14.3 Å². The molecule has 1 saturated heterocycles. The van der Waals surface area contributed by atoms with Gasteiger partial charge in [-0.25, -0.2) is 9.59 Å². The lowest BCUT2D eigenvalue weighted by Crippen LogP contribution is -2.51. The summed E-state index contributed by atoms with van der Waals surface area (Å²) in [4.78, 5) is 27.2. The Hall–Kier alpha value is -2.24. The maximum Gasteiger partial charge on any atom is 0.409 e. The third-order valence-electron chi connectivity index (χ3n) is 3.71. The number of amides is 3. The van der Waals surface area contributed by atoms with Gasteiger partial charge in [0.1, 0.15) is 0 Å². The van der Waals surface area contributed by atoms with Crippen LogP contribution in [0.2, 0.25) is 0 Å². The van der Waals surface area contributed by atoms with Gasteiger partial charge in [0, 0.05) is 31.9 Å². The number of piperazine rings is 1. The van der Waals surface area contributed by atoms with Crippen molar-refractivity contribution in [1.29, 1.82) is 0 Å². The average molecular weight is 305 g/mol. The normalized spacial score (nSPS) is 14.6. The zero-order chi connectivity index (χ0) is 15.9. The number of nitrogens with one attached hydrogen (secondary N) is 1. The molecule has 22 heavy (non-hydrogen) atoms. The van der Waals surface area contributed by atoms with E-state index in [0.717, 1.165) is 12.1 Å². The minimum Gasteiger partial charge on any atom is -0.450 e. The molecule has 0 saturated carbocycles. The van der Waals surface area contributed by atoms with Gasteiger partial charge in [-0.15, -0.1) is 0 Å². The van der Waals surface area contributed by atoms with E-state index in [9.17, 15) is 9.59 Å². The van der Waals surface area contributed by atoms with Crippen molar-refractivity contribution in [3.05, 3.63) is 29.8 Å². The first kappa shape index (κ1) is 16.1. The second-order valence-corrected chi connectivity index (χ2v) is 5.15. The standard InChI is InChI=1S/C16H23N3O3/c1-3-13-5-7-14(8-6-13)17-15(20)18-9-11-19(12-10-18)16(21)22-4-2/h5-8H,3-4,9-12H2,1-2H3,(H,17,20). The van der Waals surface area contributed by atoms with Gasteiger partial charge in [-0.2, -0.15) is 0 Å². The molecule has 0 bridgehead atoms. The molecule has 1 heterocycles. The molecular formula is C16H23N3O3. The number of nitrogens with zero attached hydrogens (tertiary/aromatic N) is 2. The summed E-state index contributed by atoms with van der Waals surface area (Å²) < 4.78 is 4.96. The number of aryl methyl sites for hydroxylation is 1. The van der Waals surface area contributed by atoms with Gasteiger partial charge in [0.2, 0.25) is 0 Å². The molecule has 1 aliphatic heterocycles. The number of urea groups is 1. The van der Waals surface area contributed by atoms with E-state index in [-0.39, 0.29) is 12.1 Å². The third kappa shape index (κ3) is 4.13. The summed E-state index contributed by atoms with van der Waals surface area (Å²) in [6, 6.07) is 7.70. The monoisotopic (exact) mass is 305 g/mol. The van der Waals surface area contributed by atoms with E-state index < -0.39 is 0 Å². The summed E-state index contributed by atoms with van der Waals surface area (Å²) in [7, 11) is 0. The van der Waals surface area contributed by atoms with E-state index in [1.165, 1.54) is 5.56 Å². The van der Waals surface area contributed by atoms with Crippen molar-refractivity contribution in [2.75, 3.05) is 38.1 Å². The highest BCUT2D eigenvalue weighted by Gasteiger charge is 2.24. The Morgan fingerprint density at radius 1 is 1.05 bits per heavy atom. The molecule has 1 N–H and O–H groups in total. The van der Waals surface area contributed by atoms with Gasteiger partial charge in [0.25, 0.3) is 0 Å². The lowest BCUT2D eigenvalue weighted by Gasteiger charge is -2.34. The number of hydrogen-bond acceptors (Lipinski definition) is 3. The summed E-state index contributed by atoms with van der Waals surface area (Å²) >= 11 is 0. The van der Waals surface area contributed by atoms with Crippen LogP contribution < -0.4 is 5.32 Å². The first-order valence-corrected chi connectivity index (χ1v) is 7.70. The second kappa shape index (κ2) is 7.68. The SMILES string of the molecule is CCOC(=O)N1CCN(C(=O)Nc2ccc(CC)cc2)CC1. The third-order valence-corrected chi connectivity index (χ3v) is 3.71. The Morgan fingerprint density at radius 3 is 2.18 bits per heavy atom. The molecule has 0 unspecified atom stereocenters. The molecule has 0 atom stereocenters. The number of ether oxygens (including phenoxy) is 1. The van der Waals surface area contributed by atoms with E-state index in [1.54, 1.807) is 16.7 Å². The quantitative estimate of drug-likeness (QED) is 0.933. The van der Waals surface area contributed by atoms with Gasteiger partial charge in [-0.1, -0.05) is 19.1 Å². The van der Waals surface area contributed by atoms with Crippen molar-refractivity contribution in [3.8, 4) is 0 Å². The molecule has 3 amide bonds. The maximum atomic E-state index is 12.2. The minimum absolute atomic E-state index is 0.132. The van der Waals surface area contributed by atoms with Gasteiger partial charge in [0.15, 0.2) is 0 Å². The fourth-order valence-corrected chi connectivity index (χ4v) is 2.33. The number of anilines is 1. The van der Waals surface area contributed by atoms with Crippen LogP contribution in [-0.4, -0.2) is 54.7 Å². The van der Waals surface area contributed by atoms with Gasteiger partial charge in [0.05, 0.1) is 6.61 Å². The van der Waals surface area contributed by atoms with Crippen LogP contribution >= 0.6 is 0 Å². The van der Waals surface area contributed by atoms with Crippen LogP contribution in [0.1, 0.15) is 19.4 Å². The van der Waals surface area contributed by atoms with Crippen LogP contribution in [0, 0.1) is 0 Å². The van der Waals surface area contributed by atoms with Gasteiger partial charge in [-0.05, 0) is 31.0 Å². The van der Waals surface area contributed by atoms with Crippen molar-refractivity contribution in [3.63, 3.8) is 0 Å². The first-order chi connectivity index (χ1) is 10.6. The highest BCUT2D eigenvalue weighted by atomic mass is 16.6. The van der Waals surface area contributed by atoms with Crippen LogP contribution in [0.4, 0.5) is 15.3 Å². The number of hydrogen-bond donors (Lipinski definition) is 1. The molecule has 1 aromatic rings. The first-order valence-electron chi connectivity index (χ1n) is 7.70. The molecule has 0 aromatic heterocycles. The highest BCUT2D eigenvalue weighted by Crippen LogP contribution is 2.12. The van der Waals surface area contributed by atoms with Crippen molar-refractivity contribution >= 4 is 17.8 Å². The highest BCUT2D eigenvalue weighted by molar-refractivity contribution is 5.89. The molecule has 120 valence electrons. The molecule has 6 nitrogen and oxygen atoms in total. The fraction of sp³-hybridized carbons (Fsp3) is 0.500. The molecule has 0 spiro atoms. The molecule has 0 aliphatic carbocycles. The van der Waals surface area contributed by atoms with E-state index in [0.29, 0.717) is 32.8 Å². The topological polar surface area (TPSA) is 61.9 Å². The molecule has 1 aliphatic rings. The Kier molecular flexibility index (Phi) is 5.63. The number of benzene rings is 1. The second-order valence-electron chi connectivity index (χ2n) is 5.15. The summed E-state index contributed by atoms with van der Waals surface area (Å²) in [6.07, 6.45) is 0.669. The van der Waals surface area contributed by atoms with E-state index in [4.69, 9.17) is 4.74 Å². The lowest BCUT2D eigenvalue weighted by atomic mass is 10.1. The number of carbonyl (C=O) groups is 2. The van der Waals surface area contributed by atoms with Crippen molar-refractivity contribution in [2.45, 2.75) is 20.3 Å². The maximum absolute atomic E-state index is 12.2. The van der Waals surface area contributed by atoms with Crippen LogP contribution in [0.5, 0.6) is 0 Å². The van der Waals surface area contributed by atoms with Gasteiger partial charge in [-0.3, -0.25) is 0 Å². The molecule has 2 rings (SSSR count). The van der Waals surface area contributed by atoms with Crippen LogP contribution in [-0.2, 0) is 11.2 Å². The predicted molar refractivity (Wildman–Crippen MR) is 85.0 cm³/mol. The average Bonchev–Trinajstić information content (AvgIpc) is 2.56. The van der Waals surface area contributed by atoms with Crippen molar-refractivity contribution in [1.82, 2.24) is 9.80 Å². The van der Waals surface area contributed by atoms with Crippen LogP contribution in [0.25, 0.3) is 0 Å². The van der Waals surface area contributed by atoms with Crippen LogP contribution in [0.3, 0.4) is 0 Å². The van der Waals surface area contributed by atoms with E-state index in [2.05, 4.69) is 12.2 Å². The molecule has 0 radical (unpaired) electrons. The van der Waals surface area contributed by atoms with Crippen LogP contribution in [0.15, 0.2) is 24.3 Å². The smallest absolute Gasteiger partial charge is 0.409 e. The summed E-state index contributed by atoms with van der Waals surface area (Å²) in [5.74, 6) is 0. The van der Waals surface area contributed by atoms with Gasteiger partial charge < -0.3 is 19.9 Å². The molecule has 6 heteroatoms. The summed E-state index contributed by atoms with van der Waals surface area (Å²) in [5.41, 5.74) is 2.02. The van der Waals surface area contributed by atoms with E-state index >= 15 is 0 Å². The zero-order valence-corrected chi connectivity index (χ0v) is 13.2. The lowest BCUT2D eigenvalue weighted by molar-refractivity contribution is 0.0868. The molecule has 1 fully saturated rings. The Morgan fingerprint density at radius 2 is 1.64 bits per heavy atom.